The predicted octanol–water partition coefficient (Wildman–Crippen LogP) is 9.91. The van der Waals surface area contributed by atoms with Crippen LogP contribution in [0.3, 0.4) is 0 Å². The van der Waals surface area contributed by atoms with Crippen LogP contribution in [0.2, 0.25) is 0 Å². The lowest BCUT2D eigenvalue weighted by Gasteiger charge is -2.20. The van der Waals surface area contributed by atoms with Crippen LogP contribution in [0.4, 0.5) is 30.7 Å². The molecule has 0 atom stereocenters. The third kappa shape index (κ3) is 6.86. The third-order valence-corrected chi connectivity index (χ3v) is 7.23. The van der Waals surface area contributed by atoms with E-state index >= 15 is 22.0 Å². The van der Waals surface area contributed by atoms with E-state index in [9.17, 15) is 8.78 Å². The summed E-state index contributed by atoms with van der Waals surface area (Å²) < 4.78 is 108. The summed E-state index contributed by atoms with van der Waals surface area (Å²) in [6.45, 7) is 2.09. The molecule has 0 aliphatic carbocycles. The number of hydrogen-bond donors (Lipinski definition) is 0. The number of nitrogens with zero attached hydrogens (tertiary/aromatic N) is 3. The van der Waals surface area contributed by atoms with Crippen molar-refractivity contribution in [2.45, 2.75) is 38.7 Å². The van der Waals surface area contributed by atoms with Gasteiger partial charge in [-0.25, -0.2) is 31.9 Å². The number of alkyl halides is 2. The molecule has 5 rings (SSSR count). The highest BCUT2D eigenvalue weighted by Crippen LogP contribution is 2.39. The van der Waals surface area contributed by atoms with Crippen molar-refractivity contribution in [2.75, 3.05) is 0 Å². The van der Waals surface area contributed by atoms with Crippen LogP contribution in [0.25, 0.3) is 33.6 Å². The van der Waals surface area contributed by atoms with Crippen molar-refractivity contribution in [3.8, 4) is 45.5 Å². The predicted molar refractivity (Wildman–Crippen MR) is 157 cm³/mol. The van der Waals surface area contributed by atoms with Crippen LogP contribution in [-0.2, 0) is 12.5 Å². The van der Waals surface area contributed by atoms with Crippen molar-refractivity contribution in [1.82, 2.24) is 9.97 Å². The summed E-state index contributed by atoms with van der Waals surface area (Å²) in [5.74, 6) is -6.88. The Bertz CT molecular complexity index is 1920. The maximum absolute atomic E-state index is 15.1. The van der Waals surface area contributed by atoms with Gasteiger partial charge in [-0.1, -0.05) is 38.0 Å². The van der Waals surface area contributed by atoms with E-state index in [0.717, 1.165) is 61.6 Å². The molecule has 11 heteroatoms. The Morgan fingerprint density at radius 3 is 1.89 bits per heavy atom. The highest BCUT2D eigenvalue weighted by molar-refractivity contribution is 5.69. The Balaban J connectivity index is 1.35. The Morgan fingerprint density at radius 1 is 0.696 bits per heavy atom. The number of nitriles is 1. The quantitative estimate of drug-likeness (QED) is 0.113. The minimum Gasteiger partial charge on any atom is -0.429 e. The van der Waals surface area contributed by atoms with Gasteiger partial charge < -0.3 is 4.74 Å². The molecule has 5 aromatic rings. The van der Waals surface area contributed by atoms with Gasteiger partial charge in [0.15, 0.2) is 5.82 Å². The molecular weight excluding hydrogens is 611 g/mol. The molecule has 0 fully saturated rings. The standard InChI is InChI=1S/C35H24F7N3O/c1-2-3-4-5-20-18-44-34(45-19-20)22-8-10-27(29(37)13-22)24-14-31(39)33(32(40)15-24)35(41,42)46-25-9-11-26(30(38)16-25)21-6-7-23(17-43)28(36)12-21/h6-16,18-19H,2-5H2,1H3. The van der Waals surface area contributed by atoms with E-state index in [1.54, 1.807) is 18.5 Å². The van der Waals surface area contributed by atoms with Crippen molar-refractivity contribution in [1.29, 1.82) is 5.26 Å². The first-order valence-corrected chi connectivity index (χ1v) is 14.2. The van der Waals surface area contributed by atoms with Gasteiger partial charge in [-0.05, 0) is 72.0 Å². The van der Waals surface area contributed by atoms with Crippen LogP contribution in [0.1, 0.15) is 42.9 Å². The summed E-state index contributed by atoms with van der Waals surface area (Å²) in [4.78, 5) is 8.53. The summed E-state index contributed by atoms with van der Waals surface area (Å²) in [6, 6.07) is 12.2. The Kier molecular flexibility index (Phi) is 9.37. The molecule has 0 saturated carbocycles. The van der Waals surface area contributed by atoms with Crippen molar-refractivity contribution in [2.24, 2.45) is 0 Å². The van der Waals surface area contributed by atoms with Crippen LogP contribution in [0.15, 0.2) is 79.1 Å². The van der Waals surface area contributed by atoms with Gasteiger partial charge in [-0.2, -0.15) is 14.0 Å². The topological polar surface area (TPSA) is 58.8 Å². The Hall–Kier alpha value is -5.24. The summed E-state index contributed by atoms with van der Waals surface area (Å²) in [5.41, 5.74) is -1.58. The molecule has 4 nitrogen and oxygen atoms in total. The third-order valence-electron chi connectivity index (χ3n) is 7.23. The van der Waals surface area contributed by atoms with E-state index in [1.807, 2.05) is 0 Å². The maximum Gasteiger partial charge on any atom is 0.432 e. The fourth-order valence-electron chi connectivity index (χ4n) is 4.87. The van der Waals surface area contributed by atoms with Gasteiger partial charge in [0, 0.05) is 35.2 Å². The van der Waals surface area contributed by atoms with E-state index < -0.39 is 46.5 Å². The summed E-state index contributed by atoms with van der Waals surface area (Å²) in [6.07, 6.45) is 2.63. The molecule has 0 aliphatic heterocycles. The second kappa shape index (κ2) is 13.4. The molecule has 0 N–H and O–H groups in total. The van der Waals surface area contributed by atoms with E-state index in [1.165, 1.54) is 18.2 Å². The minimum absolute atomic E-state index is 0.0171. The lowest BCUT2D eigenvalue weighted by atomic mass is 10.00. The smallest absolute Gasteiger partial charge is 0.429 e. The van der Waals surface area contributed by atoms with Crippen molar-refractivity contribution >= 4 is 0 Å². The number of halogens is 7. The highest BCUT2D eigenvalue weighted by Gasteiger charge is 2.41. The van der Waals surface area contributed by atoms with Gasteiger partial charge in [0.25, 0.3) is 0 Å². The highest BCUT2D eigenvalue weighted by atomic mass is 19.3. The van der Waals surface area contributed by atoms with Crippen LogP contribution < -0.4 is 4.74 Å². The van der Waals surface area contributed by atoms with E-state index in [2.05, 4.69) is 21.6 Å². The van der Waals surface area contributed by atoms with Gasteiger partial charge in [-0.3, -0.25) is 0 Å². The number of hydrogen-bond acceptors (Lipinski definition) is 4. The molecule has 0 amide bonds. The largest absolute Gasteiger partial charge is 0.432 e. The molecule has 0 aliphatic rings. The monoisotopic (exact) mass is 635 g/mol. The van der Waals surface area contributed by atoms with Crippen molar-refractivity contribution in [3.05, 3.63) is 125 Å². The second-order valence-electron chi connectivity index (χ2n) is 10.4. The van der Waals surface area contributed by atoms with Gasteiger partial charge in [-0.15, -0.1) is 0 Å². The van der Waals surface area contributed by atoms with E-state index in [4.69, 9.17) is 5.26 Å². The number of benzene rings is 4. The number of ether oxygens (including phenoxy) is 1. The molecule has 4 aromatic carbocycles. The van der Waals surface area contributed by atoms with Gasteiger partial charge in [0.2, 0.25) is 0 Å². The molecular formula is C35H24F7N3O. The van der Waals surface area contributed by atoms with Crippen molar-refractivity contribution < 1.29 is 35.5 Å². The molecule has 0 saturated heterocycles. The maximum atomic E-state index is 15.1. The fourth-order valence-corrected chi connectivity index (χ4v) is 4.87. The SMILES string of the molecule is CCCCCc1cnc(-c2ccc(-c3cc(F)c(C(F)(F)Oc4ccc(-c5ccc(C#N)c(F)c5)c(F)c4)c(F)c3)c(F)c2)nc1. The molecule has 0 unspecified atom stereocenters. The molecule has 1 aromatic heterocycles. The number of unbranched alkanes of at least 4 members (excludes halogenated alkanes) is 2. The van der Waals surface area contributed by atoms with Crippen molar-refractivity contribution in [3.63, 3.8) is 0 Å². The molecule has 0 bridgehead atoms. The first-order chi connectivity index (χ1) is 22.0. The van der Waals surface area contributed by atoms with Crippen LogP contribution >= 0.6 is 0 Å². The zero-order valence-corrected chi connectivity index (χ0v) is 24.2. The number of aromatic nitrogens is 2. The molecule has 0 radical (unpaired) electrons. The lowest BCUT2D eigenvalue weighted by molar-refractivity contribution is -0.189. The van der Waals surface area contributed by atoms with E-state index in [-0.39, 0.29) is 33.6 Å². The number of aryl methyl sites for hydroxylation is 1. The Morgan fingerprint density at radius 2 is 1.28 bits per heavy atom. The Labute approximate surface area is 259 Å². The van der Waals surface area contributed by atoms with Crippen LogP contribution in [-0.4, -0.2) is 9.97 Å². The average Bonchev–Trinajstić information content (AvgIpc) is 3.01. The van der Waals surface area contributed by atoms with Gasteiger partial charge >= 0.3 is 6.11 Å². The molecule has 234 valence electrons. The zero-order chi connectivity index (χ0) is 33.0. The first kappa shape index (κ1) is 32.2. The van der Waals surface area contributed by atoms with Crippen LogP contribution in [0, 0.1) is 40.4 Å². The zero-order valence-electron chi connectivity index (χ0n) is 24.2. The molecule has 1 heterocycles. The van der Waals surface area contributed by atoms with Gasteiger partial charge in [0.1, 0.15) is 46.5 Å². The lowest BCUT2D eigenvalue weighted by Crippen LogP contribution is -2.25. The summed E-state index contributed by atoms with van der Waals surface area (Å²) in [5, 5.41) is 8.85. The number of rotatable bonds is 10. The average molecular weight is 636 g/mol. The first-order valence-electron chi connectivity index (χ1n) is 14.2. The normalized spacial score (nSPS) is 11.4. The summed E-state index contributed by atoms with van der Waals surface area (Å²) in [7, 11) is 0. The van der Waals surface area contributed by atoms with Gasteiger partial charge in [0.05, 0.1) is 5.56 Å². The molecule has 0 spiro atoms. The second-order valence-corrected chi connectivity index (χ2v) is 10.4. The molecule has 46 heavy (non-hydrogen) atoms. The summed E-state index contributed by atoms with van der Waals surface area (Å²) >= 11 is 0. The van der Waals surface area contributed by atoms with Crippen LogP contribution in [0.5, 0.6) is 5.75 Å². The van der Waals surface area contributed by atoms with E-state index in [0.29, 0.717) is 23.8 Å². The fraction of sp³-hybridized carbons (Fsp3) is 0.171. The minimum atomic E-state index is -4.61.